The van der Waals surface area contributed by atoms with E-state index >= 15 is 0 Å². The van der Waals surface area contributed by atoms with E-state index in [-0.39, 0.29) is 0 Å². The molecule has 6 heteroatoms. The molecule has 0 bridgehead atoms. The molecule has 6 nitrogen and oxygen atoms in total. The summed E-state index contributed by atoms with van der Waals surface area (Å²) in [5.74, 6) is 1.37. The van der Waals surface area contributed by atoms with Gasteiger partial charge in [-0.3, -0.25) is 9.38 Å². The summed E-state index contributed by atoms with van der Waals surface area (Å²) < 4.78 is 7.17. The summed E-state index contributed by atoms with van der Waals surface area (Å²) in [6, 6.07) is 13.5. The maximum atomic E-state index is 6.00. The minimum absolute atomic E-state index is 0.565. The second kappa shape index (κ2) is 4.70. The van der Waals surface area contributed by atoms with Gasteiger partial charge < -0.3 is 10.5 Å². The van der Waals surface area contributed by atoms with Crippen molar-refractivity contribution in [1.82, 2.24) is 19.6 Å². The third-order valence-electron chi connectivity index (χ3n) is 3.62. The minimum atomic E-state index is 0.565. The average Bonchev–Trinajstić information content (AvgIpc) is 2.99. The number of hydrogen-bond acceptors (Lipinski definition) is 5. The average molecular weight is 291 g/mol. The van der Waals surface area contributed by atoms with E-state index in [0.29, 0.717) is 17.1 Å². The van der Waals surface area contributed by atoms with Crippen LogP contribution in [0.3, 0.4) is 0 Å². The Morgan fingerprint density at radius 2 is 1.95 bits per heavy atom. The zero-order valence-corrected chi connectivity index (χ0v) is 11.9. The van der Waals surface area contributed by atoms with Crippen LogP contribution < -0.4 is 10.5 Å². The molecule has 0 amide bonds. The van der Waals surface area contributed by atoms with Crippen molar-refractivity contribution in [3.05, 3.63) is 48.7 Å². The zero-order chi connectivity index (χ0) is 15.1. The summed E-state index contributed by atoms with van der Waals surface area (Å²) in [4.78, 5) is 4.39. The predicted molar refractivity (Wildman–Crippen MR) is 84.7 cm³/mol. The first-order valence-corrected chi connectivity index (χ1v) is 6.80. The van der Waals surface area contributed by atoms with Gasteiger partial charge in [-0.15, -0.1) is 10.2 Å². The molecule has 2 heterocycles. The fraction of sp³-hybridized carbons (Fsp3) is 0.0625. The van der Waals surface area contributed by atoms with Crippen molar-refractivity contribution < 1.29 is 4.74 Å². The van der Waals surface area contributed by atoms with Gasteiger partial charge in [0.05, 0.1) is 30.0 Å². The van der Waals surface area contributed by atoms with Crippen molar-refractivity contribution >= 4 is 22.4 Å². The van der Waals surface area contributed by atoms with Gasteiger partial charge in [0.2, 0.25) is 0 Å². The monoisotopic (exact) mass is 291 g/mol. The largest absolute Gasteiger partial charge is 0.495 e. The number of hydrogen-bond donors (Lipinski definition) is 1. The highest BCUT2D eigenvalue weighted by atomic mass is 16.5. The normalized spacial score (nSPS) is 11.1. The van der Waals surface area contributed by atoms with Gasteiger partial charge in [0.1, 0.15) is 5.75 Å². The van der Waals surface area contributed by atoms with Gasteiger partial charge in [0.25, 0.3) is 0 Å². The lowest BCUT2D eigenvalue weighted by atomic mass is 10.1. The molecule has 0 atom stereocenters. The first-order valence-electron chi connectivity index (χ1n) is 6.80. The van der Waals surface area contributed by atoms with Crippen LogP contribution in [0.25, 0.3) is 28.1 Å². The van der Waals surface area contributed by atoms with Crippen molar-refractivity contribution in [2.24, 2.45) is 0 Å². The molecule has 0 aliphatic heterocycles. The van der Waals surface area contributed by atoms with Crippen molar-refractivity contribution in [3.63, 3.8) is 0 Å². The summed E-state index contributed by atoms with van der Waals surface area (Å²) in [6.07, 6.45) is 1.71. The number of rotatable bonds is 2. The van der Waals surface area contributed by atoms with E-state index in [0.717, 1.165) is 22.4 Å². The third-order valence-corrected chi connectivity index (χ3v) is 3.62. The van der Waals surface area contributed by atoms with Gasteiger partial charge in [-0.25, -0.2) is 0 Å². The maximum Gasteiger partial charge on any atom is 0.180 e. The van der Waals surface area contributed by atoms with Crippen LogP contribution in [0.4, 0.5) is 5.69 Å². The van der Waals surface area contributed by atoms with E-state index in [4.69, 9.17) is 10.5 Å². The van der Waals surface area contributed by atoms with Gasteiger partial charge in [-0.1, -0.05) is 12.1 Å². The number of fused-ring (bicyclic) bond motifs is 3. The number of benzene rings is 2. The Morgan fingerprint density at radius 1 is 1.09 bits per heavy atom. The van der Waals surface area contributed by atoms with Crippen molar-refractivity contribution in [1.29, 1.82) is 0 Å². The van der Waals surface area contributed by atoms with E-state index < -0.39 is 0 Å². The topological polar surface area (TPSA) is 78.3 Å². The second-order valence-corrected chi connectivity index (χ2v) is 4.92. The first kappa shape index (κ1) is 12.6. The van der Waals surface area contributed by atoms with Crippen molar-refractivity contribution in [3.8, 4) is 17.1 Å². The number of anilines is 1. The summed E-state index contributed by atoms with van der Waals surface area (Å²) in [5.41, 5.74) is 9.98. The van der Waals surface area contributed by atoms with Crippen LogP contribution >= 0.6 is 0 Å². The van der Waals surface area contributed by atoms with Gasteiger partial charge in [0, 0.05) is 5.56 Å². The van der Waals surface area contributed by atoms with Crippen LogP contribution in [0, 0.1) is 0 Å². The molecule has 2 aromatic heterocycles. The van der Waals surface area contributed by atoms with Gasteiger partial charge in [0.15, 0.2) is 11.5 Å². The molecule has 0 aliphatic rings. The highest BCUT2D eigenvalue weighted by Crippen LogP contribution is 2.28. The molecule has 0 saturated heterocycles. The third kappa shape index (κ3) is 1.77. The molecule has 4 rings (SSSR count). The molecule has 0 aliphatic carbocycles. The molecule has 2 aromatic carbocycles. The summed E-state index contributed by atoms with van der Waals surface area (Å²) >= 11 is 0. The van der Waals surface area contributed by atoms with Crippen LogP contribution in [0.5, 0.6) is 5.75 Å². The van der Waals surface area contributed by atoms with Crippen molar-refractivity contribution in [2.45, 2.75) is 0 Å². The van der Waals surface area contributed by atoms with Crippen LogP contribution in [0.1, 0.15) is 0 Å². The lowest BCUT2D eigenvalue weighted by Gasteiger charge is -2.07. The number of para-hydroxylation sites is 2. The Labute approximate surface area is 126 Å². The Balaban J connectivity index is 2.03. The molecule has 0 spiro atoms. The van der Waals surface area contributed by atoms with Crippen LogP contribution in [0.15, 0.2) is 48.7 Å². The Bertz CT molecular complexity index is 992. The van der Waals surface area contributed by atoms with E-state index in [9.17, 15) is 0 Å². The fourth-order valence-corrected chi connectivity index (χ4v) is 2.57. The number of nitrogens with zero attached hydrogens (tertiary/aromatic N) is 4. The van der Waals surface area contributed by atoms with Gasteiger partial charge in [-0.05, 0) is 30.3 Å². The fourth-order valence-electron chi connectivity index (χ4n) is 2.57. The number of nitrogens with two attached hydrogens (primary N) is 1. The van der Waals surface area contributed by atoms with Crippen molar-refractivity contribution in [2.75, 3.05) is 12.8 Å². The van der Waals surface area contributed by atoms with E-state index in [1.807, 2.05) is 46.9 Å². The van der Waals surface area contributed by atoms with Crippen LogP contribution in [-0.4, -0.2) is 26.7 Å². The van der Waals surface area contributed by atoms with Crippen LogP contribution in [-0.2, 0) is 0 Å². The van der Waals surface area contributed by atoms with Gasteiger partial charge >= 0.3 is 0 Å². The molecule has 22 heavy (non-hydrogen) atoms. The van der Waals surface area contributed by atoms with E-state index in [1.165, 1.54) is 0 Å². The second-order valence-electron chi connectivity index (χ2n) is 4.92. The summed E-state index contributed by atoms with van der Waals surface area (Å²) in [5, 5.41) is 8.48. The number of ether oxygens (including phenoxy) is 1. The first-order chi connectivity index (χ1) is 10.8. The summed E-state index contributed by atoms with van der Waals surface area (Å²) in [7, 11) is 1.59. The van der Waals surface area contributed by atoms with E-state index in [1.54, 1.807) is 13.3 Å². The maximum absolute atomic E-state index is 6.00. The van der Waals surface area contributed by atoms with Crippen LogP contribution in [0.2, 0.25) is 0 Å². The molecule has 108 valence electrons. The predicted octanol–water partition coefficient (Wildman–Crippen LogP) is 2.54. The number of nitrogen functional groups attached to an aromatic ring is 1. The molecule has 0 unspecified atom stereocenters. The molecule has 0 radical (unpaired) electrons. The highest BCUT2D eigenvalue weighted by molar-refractivity contribution is 5.80. The quantitative estimate of drug-likeness (QED) is 0.574. The molecular weight excluding hydrogens is 278 g/mol. The molecule has 0 saturated carbocycles. The lowest BCUT2D eigenvalue weighted by molar-refractivity contribution is 0.417. The Morgan fingerprint density at radius 3 is 2.77 bits per heavy atom. The number of methoxy groups -OCH3 is 1. The molecule has 0 fully saturated rings. The van der Waals surface area contributed by atoms with E-state index in [2.05, 4.69) is 15.2 Å². The smallest absolute Gasteiger partial charge is 0.180 e. The number of aromatic nitrogens is 4. The highest BCUT2D eigenvalue weighted by Gasteiger charge is 2.12. The minimum Gasteiger partial charge on any atom is -0.495 e. The standard InChI is InChI=1S/C16H13N5O/c1-22-14-7-6-10(8-11(14)17)16-20-19-15-9-18-12-4-2-3-5-13(12)21(15)16/h2-9H,17H2,1H3. The molecule has 2 N–H and O–H groups in total. The SMILES string of the molecule is COc1ccc(-c2nnc3cnc4ccccc4n23)cc1N. The Hall–Kier alpha value is -3.15. The Kier molecular flexibility index (Phi) is 2.69. The lowest BCUT2D eigenvalue weighted by Crippen LogP contribution is -1.96. The zero-order valence-electron chi connectivity index (χ0n) is 11.9. The molecule has 4 aromatic rings. The molecular formula is C16H13N5O. The summed E-state index contributed by atoms with van der Waals surface area (Å²) in [6.45, 7) is 0. The van der Waals surface area contributed by atoms with Gasteiger partial charge in [-0.2, -0.15) is 0 Å².